The van der Waals surface area contributed by atoms with Crippen LogP contribution in [0.25, 0.3) is 5.69 Å². The molecule has 30 heavy (non-hydrogen) atoms. The summed E-state index contributed by atoms with van der Waals surface area (Å²) >= 11 is 0. The summed E-state index contributed by atoms with van der Waals surface area (Å²) in [6.45, 7) is 6.00. The molecule has 1 atom stereocenters. The molecule has 0 amide bonds. The van der Waals surface area contributed by atoms with Gasteiger partial charge in [0.25, 0.3) is 0 Å². The summed E-state index contributed by atoms with van der Waals surface area (Å²) in [6.07, 6.45) is 2.11. The van der Waals surface area contributed by atoms with E-state index in [1.54, 1.807) is 14.2 Å². The number of quaternary nitrogens is 1. The van der Waals surface area contributed by atoms with Gasteiger partial charge in [-0.15, -0.1) is 0 Å². The van der Waals surface area contributed by atoms with Crippen LogP contribution in [0.15, 0.2) is 48.7 Å². The molecule has 2 heterocycles. The lowest BCUT2D eigenvalue weighted by molar-refractivity contribution is -0.702. The summed E-state index contributed by atoms with van der Waals surface area (Å²) in [5.41, 5.74) is 4.70. The number of nitrogens with two attached hydrogens (primary N) is 1. The maximum Gasteiger partial charge on any atom is 0.163 e. The lowest BCUT2D eigenvalue weighted by Crippen LogP contribution is -2.83. The van der Waals surface area contributed by atoms with Crippen molar-refractivity contribution in [2.75, 3.05) is 27.4 Å². The first kappa shape index (κ1) is 20.2. The van der Waals surface area contributed by atoms with Gasteiger partial charge < -0.3 is 28.8 Å². The molecule has 6 nitrogen and oxygen atoms in total. The van der Waals surface area contributed by atoms with E-state index < -0.39 is 0 Å². The molecule has 0 spiro atoms. The smallest absolute Gasteiger partial charge is 0.163 e. The van der Waals surface area contributed by atoms with Crippen LogP contribution >= 0.6 is 0 Å². The van der Waals surface area contributed by atoms with E-state index in [1.165, 1.54) is 11.3 Å². The van der Waals surface area contributed by atoms with Gasteiger partial charge in [-0.1, -0.05) is 0 Å². The van der Waals surface area contributed by atoms with Gasteiger partial charge in [-0.05, 0) is 50.2 Å². The zero-order valence-corrected chi connectivity index (χ0v) is 18.0. The second-order valence-corrected chi connectivity index (χ2v) is 7.13. The second kappa shape index (κ2) is 8.71. The van der Waals surface area contributed by atoms with E-state index in [9.17, 15) is 0 Å². The largest absolute Gasteiger partial charge is 0.493 e. The molecule has 1 aliphatic rings. The molecule has 0 aliphatic carbocycles. The van der Waals surface area contributed by atoms with Gasteiger partial charge in [-0.3, -0.25) is 0 Å². The fourth-order valence-electron chi connectivity index (χ4n) is 4.10. The minimum absolute atomic E-state index is 0.123. The van der Waals surface area contributed by atoms with Gasteiger partial charge in [0.1, 0.15) is 6.54 Å². The van der Waals surface area contributed by atoms with E-state index in [0.717, 1.165) is 40.8 Å². The third kappa shape index (κ3) is 3.59. The Morgan fingerprint density at radius 1 is 0.900 bits per heavy atom. The van der Waals surface area contributed by atoms with E-state index in [1.807, 2.05) is 19.9 Å². The van der Waals surface area contributed by atoms with Gasteiger partial charge >= 0.3 is 0 Å². The van der Waals surface area contributed by atoms with Crippen molar-refractivity contribution < 1.29 is 24.3 Å². The van der Waals surface area contributed by atoms with Crippen molar-refractivity contribution in [1.29, 1.82) is 0 Å². The van der Waals surface area contributed by atoms with Crippen molar-refractivity contribution >= 4 is 0 Å². The van der Waals surface area contributed by atoms with Crippen molar-refractivity contribution in [3.05, 3.63) is 65.5 Å². The average molecular weight is 410 g/mol. The first-order valence-electron chi connectivity index (χ1n) is 10.4. The SMILES string of the molecule is CCOc1cc2c(cc1OCC)-n1cccc1[C@@H](c1ccc(OC)c(OC)c1)[NH2+]C2. The van der Waals surface area contributed by atoms with E-state index in [4.69, 9.17) is 18.9 Å². The molecule has 0 saturated carbocycles. The summed E-state index contributed by atoms with van der Waals surface area (Å²) in [4.78, 5) is 0. The maximum absolute atomic E-state index is 5.88. The molecule has 0 fully saturated rings. The lowest BCUT2D eigenvalue weighted by Gasteiger charge is -2.17. The Morgan fingerprint density at radius 2 is 1.63 bits per heavy atom. The third-order valence-corrected chi connectivity index (χ3v) is 5.44. The van der Waals surface area contributed by atoms with Gasteiger partial charge in [0, 0.05) is 23.4 Å². The number of benzene rings is 2. The number of methoxy groups -OCH3 is 2. The zero-order chi connectivity index (χ0) is 21.1. The minimum atomic E-state index is 0.123. The minimum Gasteiger partial charge on any atom is -0.493 e. The highest BCUT2D eigenvalue weighted by Crippen LogP contribution is 2.37. The summed E-state index contributed by atoms with van der Waals surface area (Å²) in [5, 5.41) is 2.34. The molecule has 1 aromatic heterocycles. The van der Waals surface area contributed by atoms with Crippen LogP contribution in [0.4, 0.5) is 0 Å². The third-order valence-electron chi connectivity index (χ3n) is 5.44. The predicted octanol–water partition coefficient (Wildman–Crippen LogP) is 3.46. The summed E-state index contributed by atoms with van der Waals surface area (Å²) in [7, 11) is 3.32. The van der Waals surface area contributed by atoms with Crippen molar-refractivity contribution in [2.24, 2.45) is 0 Å². The van der Waals surface area contributed by atoms with Crippen LogP contribution in [0, 0.1) is 0 Å². The molecular weight excluding hydrogens is 380 g/mol. The highest BCUT2D eigenvalue weighted by atomic mass is 16.5. The molecule has 2 aromatic carbocycles. The Hall–Kier alpha value is -3.12. The fraction of sp³-hybridized carbons (Fsp3) is 0.333. The molecule has 6 heteroatoms. The number of fused-ring (bicyclic) bond motifs is 3. The van der Waals surface area contributed by atoms with E-state index >= 15 is 0 Å². The van der Waals surface area contributed by atoms with Gasteiger partial charge in [0.15, 0.2) is 29.0 Å². The number of ether oxygens (including phenoxy) is 4. The van der Waals surface area contributed by atoms with Gasteiger partial charge in [-0.2, -0.15) is 0 Å². The molecule has 0 radical (unpaired) electrons. The molecule has 4 rings (SSSR count). The van der Waals surface area contributed by atoms with E-state index in [0.29, 0.717) is 13.2 Å². The van der Waals surface area contributed by atoms with Gasteiger partial charge in [-0.25, -0.2) is 0 Å². The molecule has 158 valence electrons. The Kier molecular flexibility index (Phi) is 5.86. The number of aromatic nitrogens is 1. The number of rotatable bonds is 7. The quantitative estimate of drug-likeness (QED) is 0.649. The normalized spacial score (nSPS) is 15.0. The number of hydrogen-bond acceptors (Lipinski definition) is 4. The average Bonchev–Trinajstić information content (AvgIpc) is 3.19. The topological polar surface area (TPSA) is 58.5 Å². The Balaban J connectivity index is 1.79. The molecule has 2 N–H and O–H groups in total. The van der Waals surface area contributed by atoms with Crippen LogP contribution < -0.4 is 24.3 Å². The highest BCUT2D eigenvalue weighted by Gasteiger charge is 2.28. The van der Waals surface area contributed by atoms with Crippen molar-refractivity contribution in [1.82, 2.24) is 4.57 Å². The van der Waals surface area contributed by atoms with Crippen LogP contribution in [0.5, 0.6) is 23.0 Å². The van der Waals surface area contributed by atoms with Gasteiger partial charge in [0.05, 0.1) is 38.8 Å². The summed E-state index contributed by atoms with van der Waals surface area (Å²) in [5.74, 6) is 3.05. The molecule has 1 aliphatic heterocycles. The molecular formula is C24H29N2O4+. The Labute approximate surface area is 177 Å². The van der Waals surface area contributed by atoms with Crippen molar-refractivity contribution in [3.8, 4) is 28.7 Å². The van der Waals surface area contributed by atoms with Crippen LogP contribution in [-0.4, -0.2) is 32.0 Å². The number of hydrogen-bond donors (Lipinski definition) is 1. The summed E-state index contributed by atoms with van der Waals surface area (Å²) < 4.78 is 24.9. The first-order chi connectivity index (χ1) is 14.7. The number of nitrogens with zero attached hydrogens (tertiary/aromatic N) is 1. The zero-order valence-electron chi connectivity index (χ0n) is 18.0. The lowest BCUT2D eigenvalue weighted by atomic mass is 10.0. The molecule has 0 unspecified atom stereocenters. The van der Waals surface area contributed by atoms with E-state index in [-0.39, 0.29) is 6.04 Å². The molecule has 0 bridgehead atoms. The first-order valence-corrected chi connectivity index (χ1v) is 10.4. The highest BCUT2D eigenvalue weighted by molar-refractivity contribution is 5.56. The maximum atomic E-state index is 5.88. The molecule has 0 saturated heterocycles. The van der Waals surface area contributed by atoms with Crippen molar-refractivity contribution in [2.45, 2.75) is 26.4 Å². The van der Waals surface area contributed by atoms with Crippen LogP contribution in [0.2, 0.25) is 0 Å². The predicted molar refractivity (Wildman–Crippen MR) is 115 cm³/mol. The Morgan fingerprint density at radius 3 is 2.33 bits per heavy atom. The van der Waals surface area contributed by atoms with Crippen molar-refractivity contribution in [3.63, 3.8) is 0 Å². The molecule has 3 aromatic rings. The van der Waals surface area contributed by atoms with Crippen LogP contribution in [0.3, 0.4) is 0 Å². The van der Waals surface area contributed by atoms with E-state index in [2.05, 4.69) is 52.5 Å². The van der Waals surface area contributed by atoms with Crippen LogP contribution in [-0.2, 0) is 6.54 Å². The Bertz CT molecular complexity index is 1030. The van der Waals surface area contributed by atoms with Crippen LogP contribution in [0.1, 0.15) is 36.7 Å². The summed E-state index contributed by atoms with van der Waals surface area (Å²) in [6, 6.07) is 14.7. The van der Waals surface area contributed by atoms with Gasteiger partial charge in [0.2, 0.25) is 0 Å². The standard InChI is InChI=1S/C24H28N2O4/c1-5-29-22-13-17-15-25-24(16-9-10-20(27-3)21(12-16)28-4)18-8-7-11-26(18)19(17)14-23(22)30-6-2/h7-14,24-25H,5-6,15H2,1-4H3/p+1/t24-/m1/s1. The second-order valence-electron chi connectivity index (χ2n) is 7.13. The monoisotopic (exact) mass is 409 g/mol. The fourth-order valence-corrected chi connectivity index (χ4v) is 4.10.